The molecule has 0 radical (unpaired) electrons. The highest BCUT2D eigenvalue weighted by molar-refractivity contribution is 7.46. The quantitative estimate of drug-likeness (QED) is 0.0802. The Labute approximate surface area is 246 Å². The lowest BCUT2D eigenvalue weighted by atomic mass is 9.87. The predicted molar refractivity (Wildman–Crippen MR) is 142 cm³/mol. The van der Waals surface area contributed by atoms with Crippen molar-refractivity contribution in [2.45, 2.75) is 103 Å². The van der Waals surface area contributed by atoms with Crippen molar-refractivity contribution in [1.82, 2.24) is 11.1 Å². The van der Waals surface area contributed by atoms with E-state index in [1.54, 1.807) is 13.8 Å². The van der Waals surface area contributed by atoms with Gasteiger partial charge in [-0.05, 0) is 65.7 Å². The van der Waals surface area contributed by atoms with Gasteiger partial charge in [0.25, 0.3) is 23.5 Å². The Morgan fingerprint density at radius 1 is 0.810 bits per heavy atom. The van der Waals surface area contributed by atoms with Crippen molar-refractivity contribution in [3.8, 4) is 0 Å². The standard InChI is InChI=1S/C22H49F2N2O13P3/c1-7-21(5,38-42(33,34)37-16-20(14-27)12-18(4)26-24)9-10-35-41(31,32)39-22(6,8-2)13-19(11-17(3)25-23)15-36-40(28,29)30/h17-20,25-27H,7-16H2,1-6H3,(H,31,32)(H,33,34)(H2,28,29,30)/p-3. The summed E-state index contributed by atoms with van der Waals surface area (Å²) < 4.78 is 86.2. The van der Waals surface area contributed by atoms with Crippen LogP contribution in [-0.4, -0.2) is 59.7 Å². The average molecular weight is 678 g/mol. The Balaban J connectivity index is 5.26. The molecule has 0 saturated carbocycles. The van der Waals surface area contributed by atoms with E-state index in [1.807, 2.05) is 0 Å². The molecule has 0 rings (SSSR count). The minimum Gasteiger partial charge on any atom is -0.756 e. The Hall–Kier alpha value is 0.0700. The molecule has 0 aliphatic rings. The zero-order valence-electron chi connectivity index (χ0n) is 24.9. The Morgan fingerprint density at radius 2 is 1.26 bits per heavy atom. The van der Waals surface area contributed by atoms with Gasteiger partial charge in [-0.1, -0.05) is 13.8 Å². The van der Waals surface area contributed by atoms with E-state index in [0.717, 1.165) is 0 Å². The molecule has 0 aliphatic carbocycles. The summed E-state index contributed by atoms with van der Waals surface area (Å²) >= 11 is 0. The van der Waals surface area contributed by atoms with Crippen LogP contribution >= 0.6 is 23.5 Å². The van der Waals surface area contributed by atoms with Gasteiger partial charge in [-0.3, -0.25) is 13.7 Å². The van der Waals surface area contributed by atoms with Crippen LogP contribution in [0.3, 0.4) is 0 Å². The molecule has 0 spiro atoms. The fourth-order valence-corrected chi connectivity index (χ4v) is 6.72. The van der Waals surface area contributed by atoms with Crippen LogP contribution in [0.2, 0.25) is 0 Å². The van der Waals surface area contributed by atoms with Crippen LogP contribution in [0, 0.1) is 11.8 Å². The fraction of sp³-hybridized carbons (Fsp3) is 1.00. The minimum absolute atomic E-state index is 0.00774. The summed E-state index contributed by atoms with van der Waals surface area (Å²) in [7, 11) is -15.0. The van der Waals surface area contributed by atoms with Gasteiger partial charge in [-0.25, -0.2) is 0 Å². The summed E-state index contributed by atoms with van der Waals surface area (Å²) in [6.45, 7) is 6.95. The molecule has 0 aromatic carbocycles. The Kier molecular flexibility index (Phi) is 18.9. The number of phosphoric ester groups is 3. The van der Waals surface area contributed by atoms with Gasteiger partial charge in [0, 0.05) is 31.0 Å². The number of aliphatic hydroxyl groups excluding tert-OH is 1. The van der Waals surface area contributed by atoms with Crippen molar-refractivity contribution < 1.29 is 70.0 Å². The lowest BCUT2D eigenvalue weighted by Gasteiger charge is -2.39. The van der Waals surface area contributed by atoms with Gasteiger partial charge in [0.1, 0.15) is 0 Å². The largest absolute Gasteiger partial charge is 0.756 e. The van der Waals surface area contributed by atoms with Crippen LogP contribution < -0.4 is 25.8 Å². The van der Waals surface area contributed by atoms with Crippen LogP contribution in [0.1, 0.15) is 80.1 Å². The van der Waals surface area contributed by atoms with Crippen molar-refractivity contribution in [2.24, 2.45) is 11.8 Å². The third-order valence-electron chi connectivity index (χ3n) is 6.71. The van der Waals surface area contributed by atoms with Crippen molar-refractivity contribution in [1.29, 1.82) is 0 Å². The third-order valence-corrected chi connectivity index (χ3v) is 9.48. The molecule has 254 valence electrons. The SMILES string of the molecule is CCC(C)(CCOP(=O)([O-])OC(C)(CC)CC(COP(=O)([O-])O)CC(C)NF)OP(=O)([O-])OCC(CO)CC(C)NF. The van der Waals surface area contributed by atoms with E-state index in [-0.39, 0.29) is 38.5 Å². The van der Waals surface area contributed by atoms with Crippen molar-refractivity contribution in [3.63, 3.8) is 0 Å². The molecule has 15 nitrogen and oxygen atoms in total. The van der Waals surface area contributed by atoms with E-state index >= 15 is 0 Å². The van der Waals surface area contributed by atoms with E-state index in [4.69, 9.17) is 23.0 Å². The summed E-state index contributed by atoms with van der Waals surface area (Å²) in [5.74, 6) is -1.45. The molecule has 9 unspecified atom stereocenters. The van der Waals surface area contributed by atoms with Gasteiger partial charge in [0.15, 0.2) is 0 Å². The second-order valence-corrected chi connectivity index (χ2v) is 14.8. The maximum atomic E-state index is 12.8. The van der Waals surface area contributed by atoms with Crippen LogP contribution in [0.25, 0.3) is 0 Å². The number of aliphatic hydroxyl groups is 1. The molecular formula is C22H46F2N2O13P3-3. The Morgan fingerprint density at radius 3 is 1.71 bits per heavy atom. The molecule has 42 heavy (non-hydrogen) atoms. The van der Waals surface area contributed by atoms with E-state index in [9.17, 15) is 42.4 Å². The lowest BCUT2D eigenvalue weighted by Crippen LogP contribution is -2.36. The molecule has 4 N–H and O–H groups in total. The van der Waals surface area contributed by atoms with Crippen LogP contribution in [0.4, 0.5) is 8.96 Å². The van der Waals surface area contributed by atoms with Crippen molar-refractivity contribution in [2.75, 3.05) is 26.4 Å². The highest BCUT2D eigenvalue weighted by Crippen LogP contribution is 2.49. The van der Waals surface area contributed by atoms with Gasteiger partial charge < -0.3 is 47.3 Å². The molecule has 20 heteroatoms. The molecule has 9 atom stereocenters. The number of hydrogen-bond acceptors (Lipinski definition) is 14. The van der Waals surface area contributed by atoms with E-state index in [1.165, 1.54) is 38.8 Å². The first-order chi connectivity index (χ1) is 19.2. The van der Waals surface area contributed by atoms with E-state index in [2.05, 4.69) is 4.52 Å². The highest BCUT2D eigenvalue weighted by atomic mass is 31.2. The normalized spacial score (nSPS) is 22.5. The first-order valence-electron chi connectivity index (χ1n) is 13.5. The Bertz CT molecular complexity index is 921. The van der Waals surface area contributed by atoms with Crippen LogP contribution in [0.15, 0.2) is 0 Å². The summed E-state index contributed by atoms with van der Waals surface area (Å²) in [6.07, 6.45) is -0.0463. The fourth-order valence-electron chi connectivity index (χ4n) is 4.00. The molecule has 0 aromatic rings. The van der Waals surface area contributed by atoms with Crippen molar-refractivity contribution in [3.05, 3.63) is 0 Å². The van der Waals surface area contributed by atoms with Gasteiger partial charge in [0.2, 0.25) is 0 Å². The van der Waals surface area contributed by atoms with Crippen LogP contribution in [-0.2, 0) is 36.3 Å². The van der Waals surface area contributed by atoms with E-state index in [0.29, 0.717) is 0 Å². The van der Waals surface area contributed by atoms with Crippen molar-refractivity contribution >= 4 is 23.5 Å². The topological polar surface area (TPSA) is 231 Å². The second-order valence-electron chi connectivity index (χ2n) is 10.9. The zero-order valence-corrected chi connectivity index (χ0v) is 27.5. The molecule has 0 fully saturated rings. The maximum absolute atomic E-state index is 12.8. The predicted octanol–water partition coefficient (Wildman–Crippen LogP) is 2.31. The monoisotopic (exact) mass is 677 g/mol. The minimum atomic E-state index is -5.09. The molecule has 0 bridgehead atoms. The molecule has 0 aliphatic heterocycles. The second kappa shape index (κ2) is 18.9. The molecule has 0 heterocycles. The number of phosphoric acid groups is 3. The summed E-state index contributed by atoms with van der Waals surface area (Å²) in [6, 6.07) is -1.40. The first-order valence-corrected chi connectivity index (χ1v) is 17.9. The van der Waals surface area contributed by atoms with Gasteiger partial charge in [-0.15, -0.1) is 8.96 Å². The molecule has 0 saturated heterocycles. The number of halogens is 2. The molecule has 0 aromatic heterocycles. The highest BCUT2D eigenvalue weighted by Gasteiger charge is 2.34. The molecule has 0 amide bonds. The number of nitrogens with one attached hydrogen (secondary N) is 2. The van der Waals surface area contributed by atoms with Gasteiger partial charge in [-0.2, -0.15) is 11.1 Å². The zero-order chi connectivity index (χ0) is 32.8. The summed E-state index contributed by atoms with van der Waals surface area (Å²) in [4.78, 5) is 45.1. The molecular weight excluding hydrogens is 631 g/mol. The first kappa shape index (κ1) is 42.1. The number of rotatable bonds is 25. The lowest BCUT2D eigenvalue weighted by molar-refractivity contribution is -0.241. The third kappa shape index (κ3) is 18.8. The van der Waals surface area contributed by atoms with Gasteiger partial charge in [0.05, 0.1) is 31.0 Å². The summed E-state index contributed by atoms with van der Waals surface area (Å²) in [5.41, 5.74) is 0.102. The average Bonchev–Trinajstić information content (AvgIpc) is 2.88. The van der Waals surface area contributed by atoms with Crippen LogP contribution in [0.5, 0.6) is 0 Å². The van der Waals surface area contributed by atoms with Gasteiger partial charge >= 0.3 is 0 Å². The smallest absolute Gasteiger partial charge is 0.268 e. The number of hydrogen-bond donors (Lipinski definition) is 4. The summed E-state index contributed by atoms with van der Waals surface area (Å²) in [5, 5.41) is 9.39. The van der Waals surface area contributed by atoms with E-state index < -0.39 is 85.0 Å². The maximum Gasteiger partial charge on any atom is 0.268 e.